The highest BCUT2D eigenvalue weighted by Gasteiger charge is 2.22. The van der Waals surface area contributed by atoms with Crippen LogP contribution < -0.4 is 10.6 Å². The highest BCUT2D eigenvalue weighted by Crippen LogP contribution is 2.27. The predicted octanol–water partition coefficient (Wildman–Crippen LogP) is 1.25. The lowest BCUT2D eigenvalue weighted by atomic mass is 9.99. The monoisotopic (exact) mass is 248 g/mol. The minimum atomic E-state index is -0.581. The van der Waals surface area contributed by atoms with Gasteiger partial charge in [-0.2, -0.15) is 0 Å². The summed E-state index contributed by atoms with van der Waals surface area (Å²) in [6.07, 6.45) is 2.20. The van der Waals surface area contributed by atoms with Crippen molar-refractivity contribution in [1.82, 2.24) is 0 Å². The molecule has 1 heterocycles. The molecule has 0 saturated carbocycles. The maximum absolute atomic E-state index is 11.4. The van der Waals surface area contributed by atoms with Gasteiger partial charge in [-0.25, -0.2) is 0 Å². The number of nitrogens with zero attached hydrogens (tertiary/aromatic N) is 1. The molecule has 0 bridgehead atoms. The maximum atomic E-state index is 11.4. The summed E-state index contributed by atoms with van der Waals surface area (Å²) < 4.78 is 4.67. The number of aryl methyl sites for hydroxylation is 2. The van der Waals surface area contributed by atoms with Gasteiger partial charge in [0.1, 0.15) is 6.04 Å². The van der Waals surface area contributed by atoms with Crippen molar-refractivity contribution in [3.05, 3.63) is 29.3 Å². The molecule has 1 aromatic rings. The molecular weight excluding hydrogens is 228 g/mol. The van der Waals surface area contributed by atoms with Gasteiger partial charge in [-0.1, -0.05) is 17.7 Å². The topological polar surface area (TPSA) is 55.6 Å². The van der Waals surface area contributed by atoms with Crippen LogP contribution in [-0.4, -0.2) is 32.2 Å². The number of ether oxygens (including phenoxy) is 1. The number of carbonyl (C=O) groups excluding carboxylic acids is 1. The summed E-state index contributed by atoms with van der Waals surface area (Å²) >= 11 is 0. The Balaban J connectivity index is 2.15. The largest absolute Gasteiger partial charge is 0.468 e. The van der Waals surface area contributed by atoms with Crippen LogP contribution >= 0.6 is 0 Å². The Morgan fingerprint density at radius 3 is 3.06 bits per heavy atom. The summed E-state index contributed by atoms with van der Waals surface area (Å²) in [5.74, 6) is -0.353. The lowest BCUT2D eigenvalue weighted by molar-refractivity contribution is -0.141. The fourth-order valence-electron chi connectivity index (χ4n) is 2.46. The highest BCUT2D eigenvalue weighted by molar-refractivity contribution is 5.76. The number of esters is 1. The van der Waals surface area contributed by atoms with E-state index in [1.807, 2.05) is 0 Å². The van der Waals surface area contributed by atoms with E-state index in [9.17, 15) is 4.79 Å². The molecule has 1 aliphatic rings. The van der Waals surface area contributed by atoms with E-state index in [1.54, 1.807) is 0 Å². The second kappa shape index (κ2) is 5.40. The van der Waals surface area contributed by atoms with Gasteiger partial charge in [0.25, 0.3) is 0 Å². The van der Waals surface area contributed by atoms with Crippen LogP contribution in [0.4, 0.5) is 5.69 Å². The van der Waals surface area contributed by atoms with Gasteiger partial charge < -0.3 is 15.4 Å². The number of hydrogen-bond donors (Lipinski definition) is 1. The minimum Gasteiger partial charge on any atom is -0.468 e. The first kappa shape index (κ1) is 12.9. The summed E-state index contributed by atoms with van der Waals surface area (Å²) in [5.41, 5.74) is 9.65. The summed E-state index contributed by atoms with van der Waals surface area (Å²) in [4.78, 5) is 13.6. The second-order valence-corrected chi connectivity index (χ2v) is 4.81. The van der Waals surface area contributed by atoms with Crippen LogP contribution in [0.1, 0.15) is 17.5 Å². The Hall–Kier alpha value is -1.55. The Morgan fingerprint density at radius 2 is 2.33 bits per heavy atom. The van der Waals surface area contributed by atoms with Gasteiger partial charge in [0.2, 0.25) is 0 Å². The number of benzene rings is 1. The van der Waals surface area contributed by atoms with Crippen LogP contribution in [0, 0.1) is 6.92 Å². The lowest BCUT2D eigenvalue weighted by Crippen LogP contribution is -2.45. The van der Waals surface area contributed by atoms with Gasteiger partial charge in [0, 0.05) is 18.8 Å². The van der Waals surface area contributed by atoms with E-state index in [2.05, 4.69) is 34.8 Å². The standard InChI is InChI=1S/C14H20N2O2/c1-10-5-6-13-11(8-10)4-3-7-16(13)9-12(15)14(17)18-2/h5-6,8,12H,3-4,7,9,15H2,1-2H3. The third kappa shape index (κ3) is 2.64. The first-order valence-electron chi connectivity index (χ1n) is 6.29. The van der Waals surface area contributed by atoms with Crippen LogP contribution in [0.3, 0.4) is 0 Å². The van der Waals surface area contributed by atoms with Crippen molar-refractivity contribution < 1.29 is 9.53 Å². The molecule has 0 spiro atoms. The number of rotatable bonds is 3. The average molecular weight is 248 g/mol. The van der Waals surface area contributed by atoms with Gasteiger partial charge in [0.05, 0.1) is 7.11 Å². The maximum Gasteiger partial charge on any atom is 0.324 e. The molecule has 0 saturated heterocycles. The lowest BCUT2D eigenvalue weighted by Gasteiger charge is -2.32. The molecule has 4 nitrogen and oxygen atoms in total. The van der Waals surface area contributed by atoms with E-state index in [1.165, 1.54) is 23.9 Å². The molecule has 1 aliphatic heterocycles. The Bertz CT molecular complexity index is 445. The number of carbonyl (C=O) groups is 1. The van der Waals surface area contributed by atoms with Crippen LogP contribution in [-0.2, 0) is 16.0 Å². The molecule has 0 fully saturated rings. The Morgan fingerprint density at radius 1 is 1.56 bits per heavy atom. The van der Waals surface area contributed by atoms with Crippen LogP contribution in [0.2, 0.25) is 0 Å². The molecule has 2 rings (SSSR count). The molecule has 1 atom stereocenters. The smallest absolute Gasteiger partial charge is 0.324 e. The van der Waals surface area contributed by atoms with Crippen molar-refractivity contribution in [1.29, 1.82) is 0 Å². The van der Waals surface area contributed by atoms with Crippen LogP contribution in [0.25, 0.3) is 0 Å². The zero-order chi connectivity index (χ0) is 13.1. The zero-order valence-electron chi connectivity index (χ0n) is 11.0. The number of anilines is 1. The third-order valence-corrected chi connectivity index (χ3v) is 3.37. The fourth-order valence-corrected chi connectivity index (χ4v) is 2.46. The molecule has 98 valence electrons. The van der Waals surface area contributed by atoms with Gasteiger partial charge in [0.15, 0.2) is 0 Å². The van der Waals surface area contributed by atoms with E-state index >= 15 is 0 Å². The molecule has 0 aliphatic carbocycles. The van der Waals surface area contributed by atoms with Crippen molar-refractivity contribution in [3.63, 3.8) is 0 Å². The first-order chi connectivity index (χ1) is 8.61. The minimum absolute atomic E-state index is 0.353. The van der Waals surface area contributed by atoms with E-state index < -0.39 is 6.04 Å². The first-order valence-corrected chi connectivity index (χ1v) is 6.29. The fraction of sp³-hybridized carbons (Fsp3) is 0.500. The molecule has 0 radical (unpaired) electrons. The zero-order valence-corrected chi connectivity index (χ0v) is 11.0. The van der Waals surface area contributed by atoms with E-state index in [-0.39, 0.29) is 5.97 Å². The van der Waals surface area contributed by atoms with Crippen molar-refractivity contribution in [2.24, 2.45) is 5.73 Å². The van der Waals surface area contributed by atoms with Gasteiger partial charge in [-0.3, -0.25) is 4.79 Å². The molecule has 1 unspecified atom stereocenters. The molecule has 0 aromatic heterocycles. The van der Waals surface area contributed by atoms with Crippen LogP contribution in [0.15, 0.2) is 18.2 Å². The molecule has 0 amide bonds. The summed E-state index contributed by atoms with van der Waals surface area (Å²) in [7, 11) is 1.37. The SMILES string of the molecule is COC(=O)C(N)CN1CCCc2cc(C)ccc21. The number of fused-ring (bicyclic) bond motifs is 1. The normalized spacial score (nSPS) is 16.1. The van der Waals surface area contributed by atoms with Crippen molar-refractivity contribution in [2.45, 2.75) is 25.8 Å². The van der Waals surface area contributed by atoms with Crippen molar-refractivity contribution in [2.75, 3.05) is 25.1 Å². The number of methoxy groups -OCH3 is 1. The number of nitrogens with two attached hydrogens (primary N) is 1. The van der Waals surface area contributed by atoms with E-state index in [4.69, 9.17) is 5.73 Å². The van der Waals surface area contributed by atoms with Crippen molar-refractivity contribution >= 4 is 11.7 Å². The molecule has 4 heteroatoms. The third-order valence-electron chi connectivity index (χ3n) is 3.37. The summed E-state index contributed by atoms with van der Waals surface area (Å²) in [6, 6.07) is 5.85. The average Bonchev–Trinajstić information content (AvgIpc) is 2.37. The van der Waals surface area contributed by atoms with E-state index in [0.29, 0.717) is 6.54 Å². The van der Waals surface area contributed by atoms with Gasteiger partial charge in [-0.15, -0.1) is 0 Å². The highest BCUT2D eigenvalue weighted by atomic mass is 16.5. The molecule has 2 N–H and O–H groups in total. The van der Waals surface area contributed by atoms with Gasteiger partial charge in [-0.05, 0) is 31.4 Å². The Labute approximate surface area is 108 Å². The molecule has 1 aromatic carbocycles. The Kier molecular flexibility index (Phi) is 3.87. The summed E-state index contributed by atoms with van der Waals surface area (Å²) in [5, 5.41) is 0. The van der Waals surface area contributed by atoms with E-state index in [0.717, 1.165) is 19.4 Å². The summed E-state index contributed by atoms with van der Waals surface area (Å²) in [6.45, 7) is 3.56. The molecule has 18 heavy (non-hydrogen) atoms. The van der Waals surface area contributed by atoms with Crippen LogP contribution in [0.5, 0.6) is 0 Å². The van der Waals surface area contributed by atoms with Crippen molar-refractivity contribution in [3.8, 4) is 0 Å². The second-order valence-electron chi connectivity index (χ2n) is 4.81. The molecular formula is C14H20N2O2. The predicted molar refractivity (Wildman–Crippen MR) is 71.7 cm³/mol. The number of hydrogen-bond acceptors (Lipinski definition) is 4. The quantitative estimate of drug-likeness (QED) is 0.818. The van der Waals surface area contributed by atoms with Gasteiger partial charge >= 0.3 is 5.97 Å².